The smallest absolute Gasteiger partial charge is 0.407 e. The Morgan fingerprint density at radius 2 is 2.00 bits per heavy atom. The Hall–Kier alpha value is -1.99. The topological polar surface area (TPSA) is 99.2 Å². The maximum absolute atomic E-state index is 12.5. The Morgan fingerprint density at radius 3 is 2.48 bits per heavy atom. The second kappa shape index (κ2) is 6.64. The van der Waals surface area contributed by atoms with Crippen molar-refractivity contribution in [3.8, 4) is 0 Å². The van der Waals surface area contributed by atoms with Gasteiger partial charge in [0.05, 0.1) is 13.2 Å². The number of hydrogen-bond acceptors (Lipinski definition) is 4. The largest absolute Gasteiger partial charge is 0.480 e. The lowest BCUT2D eigenvalue weighted by Crippen LogP contribution is -2.53. The van der Waals surface area contributed by atoms with Crippen molar-refractivity contribution in [3.63, 3.8) is 0 Å². The van der Waals surface area contributed by atoms with E-state index in [4.69, 9.17) is 5.11 Å². The van der Waals surface area contributed by atoms with Crippen molar-refractivity contribution in [2.24, 2.45) is 0 Å². The van der Waals surface area contributed by atoms with Gasteiger partial charge in [0.25, 0.3) is 0 Å². The highest BCUT2D eigenvalue weighted by atomic mass is 16.5. The average molecular weight is 301 g/mol. The summed E-state index contributed by atoms with van der Waals surface area (Å²) in [5.74, 6) is -1.05. The molecule has 2 N–H and O–H groups in total. The molecular formula is C13H23N3O5. The summed E-state index contributed by atoms with van der Waals surface area (Å²) in [6.07, 6.45) is 0.0822. The second-order valence-corrected chi connectivity index (χ2v) is 6.00. The molecule has 0 aromatic rings. The SMILES string of the molecule is COC(=O)NC1CCN(C(=O)N(CC(=O)O)C(C)(C)C)C1. The summed E-state index contributed by atoms with van der Waals surface area (Å²) >= 11 is 0. The highest BCUT2D eigenvalue weighted by Crippen LogP contribution is 2.19. The van der Waals surface area contributed by atoms with Gasteiger partial charge >= 0.3 is 18.1 Å². The van der Waals surface area contributed by atoms with Gasteiger partial charge in [0.1, 0.15) is 6.54 Å². The van der Waals surface area contributed by atoms with E-state index in [-0.39, 0.29) is 18.6 Å². The highest BCUT2D eigenvalue weighted by Gasteiger charge is 2.35. The number of methoxy groups -OCH3 is 1. The van der Waals surface area contributed by atoms with Gasteiger partial charge in [0.2, 0.25) is 0 Å². The molecule has 1 heterocycles. The highest BCUT2D eigenvalue weighted by molar-refractivity contribution is 5.81. The molecule has 21 heavy (non-hydrogen) atoms. The zero-order chi connectivity index (χ0) is 16.2. The van der Waals surface area contributed by atoms with Crippen LogP contribution in [0, 0.1) is 0 Å². The van der Waals surface area contributed by atoms with Gasteiger partial charge in [-0.3, -0.25) is 4.79 Å². The van der Waals surface area contributed by atoms with Crippen molar-refractivity contribution in [2.75, 3.05) is 26.7 Å². The van der Waals surface area contributed by atoms with Gasteiger partial charge in [0, 0.05) is 18.6 Å². The lowest BCUT2D eigenvalue weighted by Gasteiger charge is -2.37. The van der Waals surface area contributed by atoms with Gasteiger partial charge < -0.3 is 25.0 Å². The molecule has 0 saturated carbocycles. The molecular weight excluding hydrogens is 278 g/mol. The molecule has 0 spiro atoms. The first-order valence-electron chi connectivity index (χ1n) is 6.78. The minimum Gasteiger partial charge on any atom is -0.480 e. The number of carbonyl (C=O) groups excluding carboxylic acids is 2. The molecule has 1 unspecified atom stereocenters. The summed E-state index contributed by atoms with van der Waals surface area (Å²) in [7, 11) is 1.28. The number of carbonyl (C=O) groups is 3. The van der Waals surface area contributed by atoms with Crippen molar-refractivity contribution in [1.29, 1.82) is 0 Å². The lowest BCUT2D eigenvalue weighted by atomic mass is 10.1. The number of aliphatic carboxylic acids is 1. The maximum Gasteiger partial charge on any atom is 0.407 e. The van der Waals surface area contributed by atoms with Crippen LogP contribution in [0.3, 0.4) is 0 Å². The van der Waals surface area contributed by atoms with Gasteiger partial charge in [-0.1, -0.05) is 0 Å². The van der Waals surface area contributed by atoms with Crippen LogP contribution in [0.25, 0.3) is 0 Å². The molecule has 3 amide bonds. The number of carboxylic acid groups (broad SMARTS) is 1. The van der Waals surface area contributed by atoms with Crippen molar-refractivity contribution >= 4 is 18.1 Å². The summed E-state index contributed by atoms with van der Waals surface area (Å²) in [5.41, 5.74) is -0.594. The van der Waals surface area contributed by atoms with E-state index in [0.29, 0.717) is 19.5 Å². The van der Waals surface area contributed by atoms with E-state index in [1.54, 1.807) is 25.7 Å². The summed E-state index contributed by atoms with van der Waals surface area (Å²) < 4.78 is 4.52. The molecule has 0 aromatic carbocycles. The maximum atomic E-state index is 12.5. The summed E-state index contributed by atoms with van der Waals surface area (Å²) in [6, 6.07) is -0.507. The van der Waals surface area contributed by atoms with Crippen LogP contribution in [0.4, 0.5) is 9.59 Å². The Balaban J connectivity index is 2.69. The van der Waals surface area contributed by atoms with Crippen LogP contribution in [-0.2, 0) is 9.53 Å². The monoisotopic (exact) mass is 301 g/mol. The third-order valence-electron chi connectivity index (χ3n) is 3.30. The van der Waals surface area contributed by atoms with Crippen LogP contribution >= 0.6 is 0 Å². The number of carboxylic acids is 1. The molecule has 1 saturated heterocycles. The summed E-state index contributed by atoms with van der Waals surface area (Å²) in [4.78, 5) is 37.4. The number of nitrogens with one attached hydrogen (secondary N) is 1. The fourth-order valence-corrected chi connectivity index (χ4v) is 2.18. The summed E-state index contributed by atoms with van der Waals surface area (Å²) in [6.45, 7) is 5.82. The standard InChI is InChI=1S/C13H23N3O5/c1-13(2,3)16(8-10(17)18)12(20)15-6-5-9(7-15)14-11(19)21-4/h9H,5-8H2,1-4H3,(H,14,19)(H,17,18). The summed E-state index contributed by atoms with van der Waals surface area (Å²) in [5, 5.41) is 11.6. The minimum atomic E-state index is -1.05. The fourth-order valence-electron chi connectivity index (χ4n) is 2.18. The first kappa shape index (κ1) is 17.1. The molecule has 0 aromatic heterocycles. The first-order chi connectivity index (χ1) is 9.65. The molecule has 1 atom stereocenters. The minimum absolute atomic E-state index is 0.173. The van der Waals surface area contributed by atoms with E-state index in [0.717, 1.165) is 0 Å². The van der Waals surface area contributed by atoms with Crippen LogP contribution in [0.5, 0.6) is 0 Å². The number of ether oxygens (including phenoxy) is 1. The second-order valence-electron chi connectivity index (χ2n) is 6.00. The van der Waals surface area contributed by atoms with Gasteiger partial charge in [-0.05, 0) is 27.2 Å². The van der Waals surface area contributed by atoms with E-state index in [2.05, 4.69) is 10.1 Å². The number of rotatable bonds is 3. The predicted octanol–water partition coefficient (Wildman–Crippen LogP) is 0.722. The van der Waals surface area contributed by atoms with Crippen LogP contribution in [0.15, 0.2) is 0 Å². The number of alkyl carbamates (subject to hydrolysis) is 1. The van der Waals surface area contributed by atoms with E-state index in [1.165, 1.54) is 12.0 Å². The van der Waals surface area contributed by atoms with Crippen molar-refractivity contribution in [1.82, 2.24) is 15.1 Å². The number of amides is 3. The Bertz CT molecular complexity index is 419. The molecule has 8 heteroatoms. The van der Waals surface area contributed by atoms with Crippen molar-refractivity contribution in [3.05, 3.63) is 0 Å². The van der Waals surface area contributed by atoms with Gasteiger partial charge in [-0.2, -0.15) is 0 Å². The molecule has 1 fully saturated rings. The average Bonchev–Trinajstić information content (AvgIpc) is 2.82. The van der Waals surface area contributed by atoms with Gasteiger partial charge in [-0.25, -0.2) is 9.59 Å². The van der Waals surface area contributed by atoms with Crippen LogP contribution in [-0.4, -0.2) is 71.3 Å². The van der Waals surface area contributed by atoms with E-state index in [1.807, 2.05) is 0 Å². The number of likely N-dealkylation sites (tertiary alicyclic amines) is 1. The third-order valence-corrected chi connectivity index (χ3v) is 3.30. The number of hydrogen-bond donors (Lipinski definition) is 2. The van der Waals surface area contributed by atoms with Crippen molar-refractivity contribution in [2.45, 2.75) is 38.8 Å². The molecule has 0 bridgehead atoms. The molecule has 0 aliphatic carbocycles. The molecule has 0 radical (unpaired) electrons. The molecule has 8 nitrogen and oxygen atoms in total. The van der Waals surface area contributed by atoms with Crippen LogP contribution in [0.1, 0.15) is 27.2 Å². The Labute approximate surface area is 124 Å². The lowest BCUT2D eigenvalue weighted by molar-refractivity contribution is -0.138. The molecule has 1 aliphatic rings. The van der Waals surface area contributed by atoms with E-state index < -0.39 is 17.6 Å². The quantitative estimate of drug-likeness (QED) is 0.800. The molecule has 1 rings (SSSR count). The predicted molar refractivity (Wildman–Crippen MR) is 75.0 cm³/mol. The fraction of sp³-hybridized carbons (Fsp3) is 0.769. The Kier molecular flexibility index (Phi) is 5.40. The Morgan fingerprint density at radius 1 is 1.38 bits per heavy atom. The number of nitrogens with zero attached hydrogens (tertiary/aromatic N) is 2. The van der Waals surface area contributed by atoms with Crippen LogP contribution < -0.4 is 5.32 Å². The van der Waals surface area contributed by atoms with E-state index in [9.17, 15) is 14.4 Å². The van der Waals surface area contributed by atoms with Gasteiger partial charge in [-0.15, -0.1) is 0 Å². The molecule has 120 valence electrons. The van der Waals surface area contributed by atoms with E-state index >= 15 is 0 Å². The van der Waals surface area contributed by atoms with Crippen molar-refractivity contribution < 1.29 is 24.2 Å². The zero-order valence-corrected chi connectivity index (χ0v) is 12.9. The third kappa shape index (κ3) is 4.80. The van der Waals surface area contributed by atoms with Gasteiger partial charge in [0.15, 0.2) is 0 Å². The zero-order valence-electron chi connectivity index (χ0n) is 12.9. The normalized spacial score (nSPS) is 18.3. The van der Waals surface area contributed by atoms with Crippen LogP contribution in [0.2, 0.25) is 0 Å². The first-order valence-corrected chi connectivity index (χ1v) is 6.78. The number of urea groups is 1. The molecule has 1 aliphatic heterocycles.